The van der Waals surface area contributed by atoms with Crippen molar-refractivity contribution in [3.05, 3.63) is 68.8 Å². The maximum absolute atomic E-state index is 12.8. The summed E-state index contributed by atoms with van der Waals surface area (Å²) in [5.74, 6) is -0.823. The molecule has 32 heavy (non-hydrogen) atoms. The van der Waals surface area contributed by atoms with Crippen molar-refractivity contribution in [2.45, 2.75) is 40.3 Å². The van der Waals surface area contributed by atoms with Crippen molar-refractivity contribution in [3.8, 4) is 0 Å². The van der Waals surface area contributed by atoms with Crippen LogP contribution in [-0.2, 0) is 16.1 Å². The van der Waals surface area contributed by atoms with Gasteiger partial charge in [-0.3, -0.25) is 24.3 Å². The Morgan fingerprint density at radius 3 is 2.50 bits per heavy atom. The Kier molecular flexibility index (Phi) is 6.37. The first-order valence-corrected chi connectivity index (χ1v) is 9.85. The van der Waals surface area contributed by atoms with Crippen molar-refractivity contribution in [2.24, 2.45) is 0 Å². The molecule has 168 valence electrons. The number of nitro groups is 1. The zero-order chi connectivity index (χ0) is 23.6. The molecular formula is C21H24N6O5. The molecule has 1 N–H and O–H groups in total. The Morgan fingerprint density at radius 2 is 1.88 bits per heavy atom. The summed E-state index contributed by atoms with van der Waals surface area (Å²) in [4.78, 5) is 35.4. The van der Waals surface area contributed by atoms with Crippen LogP contribution in [0.25, 0.3) is 0 Å². The van der Waals surface area contributed by atoms with Crippen molar-refractivity contribution in [1.29, 1.82) is 0 Å². The van der Waals surface area contributed by atoms with Gasteiger partial charge in [0.25, 0.3) is 0 Å². The van der Waals surface area contributed by atoms with E-state index in [0.29, 0.717) is 29.2 Å². The van der Waals surface area contributed by atoms with Crippen LogP contribution in [-0.4, -0.2) is 43.5 Å². The molecule has 3 aromatic rings. The number of ether oxygens (including phenoxy) is 1. The molecule has 1 unspecified atom stereocenters. The number of nitrogens with zero attached hydrogens (tertiary/aromatic N) is 5. The second-order valence-electron chi connectivity index (χ2n) is 7.35. The van der Waals surface area contributed by atoms with E-state index in [2.05, 4.69) is 15.5 Å². The quantitative estimate of drug-likeness (QED) is 0.339. The molecule has 0 aliphatic heterocycles. The third kappa shape index (κ3) is 4.36. The minimum atomic E-state index is -0.774. The van der Waals surface area contributed by atoms with Gasteiger partial charge in [0.05, 0.1) is 41.2 Å². The summed E-state index contributed by atoms with van der Waals surface area (Å²) in [6.45, 7) is 7.01. The van der Waals surface area contributed by atoms with Gasteiger partial charge in [0, 0.05) is 0 Å². The molecular weight excluding hydrogens is 416 g/mol. The Hall–Kier alpha value is -4.02. The molecule has 0 spiro atoms. The number of carbonyl (C=O) groups is 2. The van der Waals surface area contributed by atoms with Crippen molar-refractivity contribution < 1.29 is 19.2 Å². The SMILES string of the molecule is COC(=O)c1ccccc1Cn1nc(C)c(NC(=O)C(C)n2cc([N+](=O)[O-])c(C)n2)c1C. The van der Waals surface area contributed by atoms with E-state index in [9.17, 15) is 19.7 Å². The van der Waals surface area contributed by atoms with Gasteiger partial charge in [-0.1, -0.05) is 18.2 Å². The summed E-state index contributed by atoms with van der Waals surface area (Å²) in [6.07, 6.45) is 1.24. The lowest BCUT2D eigenvalue weighted by atomic mass is 10.1. The summed E-state index contributed by atoms with van der Waals surface area (Å²) < 4.78 is 7.81. The van der Waals surface area contributed by atoms with Crippen molar-refractivity contribution >= 4 is 23.3 Å². The van der Waals surface area contributed by atoms with Gasteiger partial charge >= 0.3 is 11.7 Å². The number of carbonyl (C=O) groups excluding carboxylic acids is 2. The fraction of sp³-hybridized carbons (Fsp3) is 0.333. The monoisotopic (exact) mass is 440 g/mol. The molecule has 1 aromatic carbocycles. The van der Waals surface area contributed by atoms with Gasteiger partial charge in [0.15, 0.2) is 0 Å². The summed E-state index contributed by atoms with van der Waals surface area (Å²) in [5, 5.41) is 22.5. The van der Waals surface area contributed by atoms with Crippen LogP contribution >= 0.6 is 0 Å². The highest BCUT2D eigenvalue weighted by atomic mass is 16.6. The molecule has 0 radical (unpaired) electrons. The molecule has 0 saturated carbocycles. The second-order valence-corrected chi connectivity index (χ2v) is 7.35. The van der Waals surface area contributed by atoms with E-state index in [4.69, 9.17) is 4.74 Å². The van der Waals surface area contributed by atoms with Gasteiger partial charge in [-0.25, -0.2) is 4.79 Å². The highest BCUT2D eigenvalue weighted by Gasteiger charge is 2.24. The minimum Gasteiger partial charge on any atom is -0.465 e. The summed E-state index contributed by atoms with van der Waals surface area (Å²) in [7, 11) is 1.33. The number of aromatic nitrogens is 4. The molecule has 0 aliphatic rings. The minimum absolute atomic E-state index is 0.144. The molecule has 3 rings (SSSR count). The predicted octanol–water partition coefficient (Wildman–Crippen LogP) is 2.95. The molecule has 2 aromatic heterocycles. The zero-order valence-electron chi connectivity index (χ0n) is 18.4. The third-order valence-electron chi connectivity index (χ3n) is 5.24. The van der Waals surface area contributed by atoms with E-state index >= 15 is 0 Å². The molecule has 1 atom stereocenters. The van der Waals surface area contributed by atoms with Crippen LogP contribution in [0.4, 0.5) is 11.4 Å². The molecule has 11 nitrogen and oxygen atoms in total. The van der Waals surface area contributed by atoms with Crippen LogP contribution in [0.15, 0.2) is 30.5 Å². The third-order valence-corrected chi connectivity index (χ3v) is 5.24. The number of amides is 1. The van der Waals surface area contributed by atoms with Crippen LogP contribution in [0.3, 0.4) is 0 Å². The number of benzene rings is 1. The van der Waals surface area contributed by atoms with Crippen LogP contribution in [0.1, 0.15) is 46.0 Å². The van der Waals surface area contributed by atoms with Gasteiger partial charge < -0.3 is 10.1 Å². The van der Waals surface area contributed by atoms with E-state index in [0.717, 1.165) is 5.56 Å². The number of esters is 1. The maximum Gasteiger partial charge on any atom is 0.338 e. The summed E-state index contributed by atoms with van der Waals surface area (Å²) in [5.41, 5.74) is 3.10. The van der Waals surface area contributed by atoms with E-state index in [-0.39, 0.29) is 17.3 Å². The molecule has 1 amide bonds. The first-order valence-electron chi connectivity index (χ1n) is 9.85. The molecule has 0 saturated heterocycles. The smallest absolute Gasteiger partial charge is 0.338 e. The van der Waals surface area contributed by atoms with Gasteiger partial charge in [-0.15, -0.1) is 0 Å². The Labute approximate surface area is 184 Å². The lowest BCUT2D eigenvalue weighted by molar-refractivity contribution is -0.385. The van der Waals surface area contributed by atoms with Gasteiger partial charge in [-0.2, -0.15) is 10.2 Å². The number of methoxy groups -OCH3 is 1. The predicted molar refractivity (Wildman–Crippen MR) is 116 cm³/mol. The number of hydrogen-bond acceptors (Lipinski definition) is 7. The molecule has 0 bridgehead atoms. The fourth-order valence-corrected chi connectivity index (χ4v) is 3.36. The Bertz CT molecular complexity index is 1200. The Balaban J connectivity index is 1.82. The normalized spacial score (nSPS) is 11.8. The van der Waals surface area contributed by atoms with Crippen LogP contribution < -0.4 is 5.32 Å². The summed E-state index contributed by atoms with van der Waals surface area (Å²) in [6, 6.07) is 6.30. The molecule has 2 heterocycles. The number of nitrogens with one attached hydrogen (secondary N) is 1. The lowest BCUT2D eigenvalue weighted by Crippen LogP contribution is -2.24. The van der Waals surface area contributed by atoms with Crippen molar-refractivity contribution in [3.63, 3.8) is 0 Å². The average molecular weight is 440 g/mol. The number of hydrogen-bond donors (Lipinski definition) is 1. The van der Waals surface area contributed by atoms with E-state index in [1.807, 2.05) is 19.1 Å². The van der Waals surface area contributed by atoms with Gasteiger partial charge in [0.2, 0.25) is 5.91 Å². The van der Waals surface area contributed by atoms with Gasteiger partial charge in [0.1, 0.15) is 17.9 Å². The Morgan fingerprint density at radius 1 is 1.19 bits per heavy atom. The molecule has 11 heteroatoms. The zero-order valence-corrected chi connectivity index (χ0v) is 18.4. The van der Waals surface area contributed by atoms with Crippen molar-refractivity contribution in [1.82, 2.24) is 19.6 Å². The fourth-order valence-electron chi connectivity index (χ4n) is 3.36. The van der Waals surface area contributed by atoms with Crippen LogP contribution in [0, 0.1) is 30.9 Å². The number of anilines is 1. The largest absolute Gasteiger partial charge is 0.465 e. The van der Waals surface area contributed by atoms with Gasteiger partial charge in [-0.05, 0) is 39.3 Å². The summed E-state index contributed by atoms with van der Waals surface area (Å²) >= 11 is 0. The standard InChI is InChI=1S/C21H24N6O5/c1-12-18(27(30)31)11-26(23-12)15(4)20(28)22-19-13(2)24-25(14(19)3)10-16-8-6-7-9-17(16)21(29)32-5/h6-9,11,15H,10H2,1-5H3,(H,22,28). The topological polar surface area (TPSA) is 134 Å². The first kappa shape index (κ1) is 22.7. The van der Waals surface area contributed by atoms with Crippen LogP contribution in [0.2, 0.25) is 0 Å². The second kappa shape index (κ2) is 9.00. The lowest BCUT2D eigenvalue weighted by Gasteiger charge is -2.13. The van der Waals surface area contributed by atoms with E-state index in [1.165, 1.54) is 24.9 Å². The highest BCUT2D eigenvalue weighted by molar-refractivity contribution is 5.94. The first-order chi connectivity index (χ1) is 15.1. The average Bonchev–Trinajstić information content (AvgIpc) is 3.28. The van der Waals surface area contributed by atoms with E-state index in [1.54, 1.807) is 30.7 Å². The molecule has 0 fully saturated rings. The van der Waals surface area contributed by atoms with Crippen molar-refractivity contribution in [2.75, 3.05) is 12.4 Å². The molecule has 0 aliphatic carbocycles. The van der Waals surface area contributed by atoms with Crippen LogP contribution in [0.5, 0.6) is 0 Å². The number of aryl methyl sites for hydroxylation is 2. The highest BCUT2D eigenvalue weighted by Crippen LogP contribution is 2.24. The number of rotatable bonds is 7. The van der Waals surface area contributed by atoms with E-state index < -0.39 is 16.9 Å². The maximum atomic E-state index is 12.8.